The SMILES string of the molecule is CCC1(CCOP(C)(=O)O)COP(C)(=O)OC1. The topological polar surface area (TPSA) is 82.1 Å². The molecular weight excluding hydrogens is 266 g/mol. The van der Waals surface area contributed by atoms with Gasteiger partial charge in [0.25, 0.3) is 0 Å². The van der Waals surface area contributed by atoms with E-state index in [4.69, 9.17) is 18.5 Å². The fourth-order valence-electron chi connectivity index (χ4n) is 1.54. The molecule has 1 unspecified atom stereocenters. The molecule has 1 saturated heterocycles. The van der Waals surface area contributed by atoms with Crippen LogP contribution in [0.25, 0.3) is 0 Å². The van der Waals surface area contributed by atoms with Gasteiger partial charge in [0, 0.05) is 18.7 Å². The molecule has 1 N–H and O–H groups in total. The summed E-state index contributed by atoms with van der Waals surface area (Å²) in [4.78, 5) is 9.01. The molecule has 1 fully saturated rings. The molecule has 1 aliphatic rings. The van der Waals surface area contributed by atoms with Gasteiger partial charge in [-0.2, -0.15) is 0 Å². The van der Waals surface area contributed by atoms with Crippen LogP contribution in [0.5, 0.6) is 0 Å². The van der Waals surface area contributed by atoms with Crippen molar-refractivity contribution >= 4 is 15.2 Å². The minimum Gasteiger partial charge on any atom is -0.324 e. The van der Waals surface area contributed by atoms with Crippen molar-refractivity contribution in [1.82, 2.24) is 0 Å². The van der Waals surface area contributed by atoms with E-state index < -0.39 is 15.2 Å². The molecule has 102 valence electrons. The summed E-state index contributed by atoms with van der Waals surface area (Å²) in [6.45, 7) is 5.40. The van der Waals surface area contributed by atoms with Gasteiger partial charge in [-0.15, -0.1) is 0 Å². The van der Waals surface area contributed by atoms with Crippen molar-refractivity contribution in [2.45, 2.75) is 19.8 Å². The molecule has 0 radical (unpaired) electrons. The van der Waals surface area contributed by atoms with E-state index in [1.807, 2.05) is 6.92 Å². The molecule has 17 heavy (non-hydrogen) atoms. The quantitative estimate of drug-likeness (QED) is 0.782. The van der Waals surface area contributed by atoms with Crippen LogP contribution in [0.15, 0.2) is 0 Å². The first-order valence-corrected chi connectivity index (χ1v) is 9.51. The minimum atomic E-state index is -3.44. The molecule has 1 heterocycles. The Bertz CT molecular complexity index is 337. The predicted octanol–water partition coefficient (Wildman–Crippen LogP) is 2.47. The van der Waals surface area contributed by atoms with Gasteiger partial charge in [0.1, 0.15) is 0 Å². The normalized spacial score (nSPS) is 37.6. The highest BCUT2D eigenvalue weighted by molar-refractivity contribution is 7.53. The van der Waals surface area contributed by atoms with Crippen molar-refractivity contribution in [1.29, 1.82) is 0 Å². The van der Waals surface area contributed by atoms with Crippen molar-refractivity contribution in [3.8, 4) is 0 Å². The second-order valence-electron chi connectivity index (χ2n) is 4.56. The average molecular weight is 286 g/mol. The molecule has 1 aliphatic heterocycles. The standard InChI is InChI=1S/C9H20O6P2/c1-4-9(5-6-13-16(2,10)11)7-14-17(3,12)15-8-9/h4-8H2,1-3H3,(H,10,11). The van der Waals surface area contributed by atoms with Crippen molar-refractivity contribution in [2.75, 3.05) is 33.2 Å². The van der Waals surface area contributed by atoms with Crippen LogP contribution in [0.1, 0.15) is 19.8 Å². The lowest BCUT2D eigenvalue weighted by atomic mass is 9.84. The van der Waals surface area contributed by atoms with Crippen molar-refractivity contribution in [3.63, 3.8) is 0 Å². The molecule has 0 spiro atoms. The fraction of sp³-hybridized carbons (Fsp3) is 1.00. The second-order valence-corrected chi connectivity index (χ2v) is 8.48. The lowest BCUT2D eigenvalue weighted by molar-refractivity contribution is 0.00149. The van der Waals surface area contributed by atoms with E-state index in [9.17, 15) is 9.13 Å². The minimum absolute atomic E-state index is 0.166. The summed E-state index contributed by atoms with van der Waals surface area (Å²) in [5, 5.41) is 0. The summed E-state index contributed by atoms with van der Waals surface area (Å²) in [5.74, 6) is 0. The summed E-state index contributed by atoms with van der Waals surface area (Å²) in [6, 6.07) is 0. The number of rotatable bonds is 5. The van der Waals surface area contributed by atoms with Crippen LogP contribution in [0, 0.1) is 5.41 Å². The third kappa shape index (κ3) is 5.21. The Hall–Kier alpha value is 0.300. The maximum absolute atomic E-state index is 11.5. The summed E-state index contributed by atoms with van der Waals surface area (Å²) in [7, 11) is -6.33. The number of hydrogen-bond donors (Lipinski definition) is 1. The van der Waals surface area contributed by atoms with E-state index in [0.29, 0.717) is 19.6 Å². The lowest BCUT2D eigenvalue weighted by Crippen LogP contribution is -2.36. The molecule has 8 heteroatoms. The van der Waals surface area contributed by atoms with Crippen LogP contribution < -0.4 is 0 Å². The highest BCUT2D eigenvalue weighted by atomic mass is 31.2. The first-order chi connectivity index (χ1) is 7.68. The molecule has 1 rings (SSSR count). The first-order valence-electron chi connectivity index (χ1n) is 5.49. The Balaban J connectivity index is 2.48. The molecule has 0 aromatic heterocycles. The van der Waals surface area contributed by atoms with E-state index in [1.165, 1.54) is 6.66 Å². The summed E-state index contributed by atoms with van der Waals surface area (Å²) >= 11 is 0. The van der Waals surface area contributed by atoms with Crippen LogP contribution in [-0.4, -0.2) is 38.0 Å². The second kappa shape index (κ2) is 5.52. The van der Waals surface area contributed by atoms with E-state index in [-0.39, 0.29) is 12.0 Å². The highest BCUT2D eigenvalue weighted by Gasteiger charge is 2.38. The van der Waals surface area contributed by atoms with Gasteiger partial charge in [-0.05, 0) is 12.8 Å². The van der Waals surface area contributed by atoms with Gasteiger partial charge >= 0.3 is 15.2 Å². The van der Waals surface area contributed by atoms with Gasteiger partial charge in [-0.25, -0.2) is 0 Å². The zero-order valence-electron chi connectivity index (χ0n) is 10.4. The fourth-order valence-corrected chi connectivity index (χ4v) is 3.07. The molecular formula is C9H20O6P2. The number of hydrogen-bond acceptors (Lipinski definition) is 5. The van der Waals surface area contributed by atoms with Crippen molar-refractivity contribution < 1.29 is 27.6 Å². The summed E-state index contributed by atoms with van der Waals surface area (Å²) in [5.41, 5.74) is -0.279. The van der Waals surface area contributed by atoms with Gasteiger partial charge in [0.2, 0.25) is 0 Å². The van der Waals surface area contributed by atoms with Crippen LogP contribution in [-0.2, 0) is 22.7 Å². The molecule has 6 nitrogen and oxygen atoms in total. The van der Waals surface area contributed by atoms with E-state index in [1.54, 1.807) is 0 Å². The van der Waals surface area contributed by atoms with Gasteiger partial charge < -0.3 is 18.5 Å². The summed E-state index contributed by atoms with van der Waals surface area (Å²) in [6.07, 6.45) is 1.32. The van der Waals surface area contributed by atoms with Gasteiger partial charge in [0.05, 0.1) is 19.8 Å². The maximum Gasteiger partial charge on any atom is 0.327 e. The monoisotopic (exact) mass is 286 g/mol. The van der Waals surface area contributed by atoms with E-state index in [0.717, 1.165) is 13.1 Å². The smallest absolute Gasteiger partial charge is 0.324 e. The Morgan fingerprint density at radius 2 is 2.00 bits per heavy atom. The average Bonchev–Trinajstić information content (AvgIpc) is 2.19. The zero-order chi connectivity index (χ0) is 13.2. The molecule has 0 aromatic carbocycles. The third-order valence-corrected chi connectivity index (χ3v) is 4.78. The molecule has 0 aliphatic carbocycles. The lowest BCUT2D eigenvalue weighted by Gasteiger charge is -2.38. The largest absolute Gasteiger partial charge is 0.327 e. The summed E-state index contributed by atoms with van der Waals surface area (Å²) < 4.78 is 37.7. The van der Waals surface area contributed by atoms with Gasteiger partial charge in [-0.3, -0.25) is 9.13 Å². The Kier molecular flexibility index (Phi) is 4.98. The molecule has 0 saturated carbocycles. The Labute approximate surface area is 102 Å². The van der Waals surface area contributed by atoms with Crippen molar-refractivity contribution in [3.05, 3.63) is 0 Å². The third-order valence-electron chi connectivity index (χ3n) is 2.92. The van der Waals surface area contributed by atoms with E-state index >= 15 is 0 Å². The molecule has 1 atom stereocenters. The van der Waals surface area contributed by atoms with Gasteiger partial charge in [-0.1, -0.05) is 6.92 Å². The molecule has 0 bridgehead atoms. The van der Waals surface area contributed by atoms with Crippen LogP contribution in [0.3, 0.4) is 0 Å². The Morgan fingerprint density at radius 1 is 1.47 bits per heavy atom. The van der Waals surface area contributed by atoms with Crippen LogP contribution in [0.2, 0.25) is 0 Å². The van der Waals surface area contributed by atoms with Crippen molar-refractivity contribution in [2.24, 2.45) is 5.41 Å². The maximum atomic E-state index is 11.5. The van der Waals surface area contributed by atoms with Crippen LogP contribution in [0.4, 0.5) is 0 Å². The first kappa shape index (κ1) is 15.4. The zero-order valence-corrected chi connectivity index (χ0v) is 12.2. The van der Waals surface area contributed by atoms with E-state index in [2.05, 4.69) is 0 Å². The van der Waals surface area contributed by atoms with Crippen LogP contribution >= 0.6 is 15.2 Å². The molecule has 0 aromatic rings. The Morgan fingerprint density at radius 3 is 2.41 bits per heavy atom. The predicted molar refractivity (Wildman–Crippen MR) is 64.5 cm³/mol. The van der Waals surface area contributed by atoms with Gasteiger partial charge in [0.15, 0.2) is 0 Å². The highest BCUT2D eigenvalue weighted by Crippen LogP contribution is 2.52. The molecule has 0 amide bonds.